The van der Waals surface area contributed by atoms with Crippen LogP contribution in [0.1, 0.15) is 19.8 Å². The number of hydrogen-bond donors (Lipinski definition) is 2. The fourth-order valence-electron chi connectivity index (χ4n) is 2.09. The van der Waals surface area contributed by atoms with Gasteiger partial charge in [0.05, 0.1) is 13.2 Å². The van der Waals surface area contributed by atoms with Crippen LogP contribution < -0.4 is 10.6 Å². The fraction of sp³-hybridized carbons (Fsp3) is 0.917. The van der Waals surface area contributed by atoms with Gasteiger partial charge in [0, 0.05) is 25.2 Å². The molecule has 0 spiro atoms. The lowest BCUT2D eigenvalue weighted by molar-refractivity contribution is -0.126. The molecule has 0 aromatic heterocycles. The summed E-state index contributed by atoms with van der Waals surface area (Å²) in [6, 6.07) is 0.955. The molecule has 1 aliphatic carbocycles. The van der Waals surface area contributed by atoms with E-state index in [9.17, 15) is 4.79 Å². The maximum absolute atomic E-state index is 11.8. The minimum absolute atomic E-state index is 0. The van der Waals surface area contributed by atoms with Gasteiger partial charge in [-0.2, -0.15) is 0 Å². The Labute approximate surface area is 127 Å². The summed E-state index contributed by atoms with van der Waals surface area (Å²) in [6.45, 7) is 4.81. The second kappa shape index (κ2) is 8.97. The number of ether oxygens (including phenoxy) is 1. The van der Waals surface area contributed by atoms with Crippen LogP contribution in [0, 0.1) is 0 Å². The monoisotopic (exact) mass is 313 g/mol. The van der Waals surface area contributed by atoms with Gasteiger partial charge in [0.25, 0.3) is 0 Å². The van der Waals surface area contributed by atoms with E-state index in [2.05, 4.69) is 29.5 Å². The van der Waals surface area contributed by atoms with Crippen molar-refractivity contribution in [2.45, 2.75) is 37.9 Å². The van der Waals surface area contributed by atoms with E-state index >= 15 is 0 Å². The van der Waals surface area contributed by atoms with Crippen molar-refractivity contribution >= 4 is 30.7 Å². The average Bonchev–Trinajstić information content (AvgIpc) is 3.20. The van der Waals surface area contributed by atoms with E-state index in [0.717, 1.165) is 12.6 Å². The SMILES string of the molecule is CC(CNC(=O)C1COCCN1)N(C)C1CC1.Cl.Cl. The number of likely N-dealkylation sites (N-methyl/N-ethyl adjacent to an activating group) is 1. The first-order chi connectivity index (χ1) is 8.18. The number of halogens is 2. The number of morpholine rings is 1. The first-order valence-electron chi connectivity index (χ1n) is 6.49. The number of amides is 1. The van der Waals surface area contributed by atoms with Gasteiger partial charge < -0.3 is 15.4 Å². The summed E-state index contributed by atoms with van der Waals surface area (Å²) in [5, 5.41) is 6.15. The van der Waals surface area contributed by atoms with Crippen molar-refractivity contribution in [3.05, 3.63) is 0 Å². The molecule has 1 aliphatic heterocycles. The van der Waals surface area contributed by atoms with Crippen molar-refractivity contribution in [1.82, 2.24) is 15.5 Å². The zero-order valence-electron chi connectivity index (χ0n) is 11.6. The van der Waals surface area contributed by atoms with E-state index in [1.54, 1.807) is 0 Å². The van der Waals surface area contributed by atoms with Crippen molar-refractivity contribution in [3.63, 3.8) is 0 Å². The predicted molar refractivity (Wildman–Crippen MR) is 80.4 cm³/mol. The van der Waals surface area contributed by atoms with Gasteiger partial charge in [-0.1, -0.05) is 0 Å². The number of nitrogens with zero attached hydrogens (tertiary/aromatic N) is 1. The van der Waals surface area contributed by atoms with Crippen LogP contribution in [0.2, 0.25) is 0 Å². The van der Waals surface area contributed by atoms with Gasteiger partial charge in [0.1, 0.15) is 6.04 Å². The van der Waals surface area contributed by atoms with Crippen LogP contribution >= 0.6 is 24.8 Å². The molecule has 2 rings (SSSR count). The second-order valence-corrected chi connectivity index (χ2v) is 5.07. The van der Waals surface area contributed by atoms with Crippen molar-refractivity contribution < 1.29 is 9.53 Å². The molecule has 0 aromatic carbocycles. The summed E-state index contributed by atoms with van der Waals surface area (Å²) in [5.41, 5.74) is 0. The molecule has 5 nitrogen and oxygen atoms in total. The Bertz CT molecular complexity index is 272. The summed E-state index contributed by atoms with van der Waals surface area (Å²) in [5.74, 6) is 0.0562. The summed E-state index contributed by atoms with van der Waals surface area (Å²) in [7, 11) is 2.14. The number of carbonyl (C=O) groups excluding carboxylic acids is 1. The lowest BCUT2D eigenvalue weighted by Crippen LogP contribution is -2.53. The van der Waals surface area contributed by atoms with Crippen LogP contribution in [-0.4, -0.2) is 62.3 Å². The van der Waals surface area contributed by atoms with Crippen LogP contribution in [0.25, 0.3) is 0 Å². The summed E-state index contributed by atoms with van der Waals surface area (Å²) in [6.07, 6.45) is 2.60. The fourth-order valence-corrected chi connectivity index (χ4v) is 2.09. The third-order valence-electron chi connectivity index (χ3n) is 3.63. The third-order valence-corrected chi connectivity index (χ3v) is 3.63. The van der Waals surface area contributed by atoms with E-state index in [1.807, 2.05) is 0 Å². The molecule has 1 heterocycles. The first-order valence-corrected chi connectivity index (χ1v) is 6.49. The lowest BCUT2D eigenvalue weighted by atomic mass is 10.2. The molecule has 1 saturated carbocycles. The van der Waals surface area contributed by atoms with Gasteiger partial charge in [-0.15, -0.1) is 24.8 Å². The quantitative estimate of drug-likeness (QED) is 0.772. The van der Waals surface area contributed by atoms with Crippen LogP contribution in [-0.2, 0) is 9.53 Å². The molecule has 1 saturated heterocycles. The molecule has 1 amide bonds. The second-order valence-electron chi connectivity index (χ2n) is 5.07. The standard InChI is InChI=1S/C12H23N3O2.2ClH/c1-9(15(2)10-3-4-10)7-14-12(16)11-8-17-6-5-13-11;;/h9-11,13H,3-8H2,1-2H3,(H,14,16);2*1H. The smallest absolute Gasteiger partial charge is 0.239 e. The van der Waals surface area contributed by atoms with Crippen LogP contribution in [0.15, 0.2) is 0 Å². The van der Waals surface area contributed by atoms with Crippen molar-refractivity contribution in [1.29, 1.82) is 0 Å². The van der Waals surface area contributed by atoms with Gasteiger partial charge in [0.2, 0.25) is 5.91 Å². The summed E-state index contributed by atoms with van der Waals surface area (Å²) in [4.78, 5) is 14.2. The molecular formula is C12H25Cl2N3O2. The Morgan fingerprint density at radius 2 is 2.16 bits per heavy atom. The zero-order chi connectivity index (χ0) is 12.3. The minimum atomic E-state index is -0.179. The normalized spacial score (nSPS) is 24.1. The highest BCUT2D eigenvalue weighted by molar-refractivity contribution is 5.85. The Kier molecular flexibility index (Phi) is 8.94. The number of hydrogen-bond acceptors (Lipinski definition) is 4. The molecule has 2 aliphatic rings. The molecule has 2 fully saturated rings. The molecule has 0 bridgehead atoms. The Balaban J connectivity index is 0.00000162. The van der Waals surface area contributed by atoms with Gasteiger partial charge in [0.15, 0.2) is 0 Å². The van der Waals surface area contributed by atoms with E-state index in [0.29, 0.717) is 25.8 Å². The maximum atomic E-state index is 11.8. The lowest BCUT2D eigenvalue weighted by Gasteiger charge is -2.27. The molecule has 2 atom stereocenters. The molecule has 2 N–H and O–H groups in total. The average molecular weight is 314 g/mol. The molecule has 7 heteroatoms. The number of nitrogens with one attached hydrogen (secondary N) is 2. The molecule has 114 valence electrons. The topological polar surface area (TPSA) is 53.6 Å². The van der Waals surface area contributed by atoms with E-state index in [-0.39, 0.29) is 36.8 Å². The van der Waals surface area contributed by atoms with Crippen molar-refractivity contribution in [2.24, 2.45) is 0 Å². The van der Waals surface area contributed by atoms with Crippen LogP contribution in [0.4, 0.5) is 0 Å². The van der Waals surface area contributed by atoms with Gasteiger partial charge >= 0.3 is 0 Å². The van der Waals surface area contributed by atoms with E-state index < -0.39 is 0 Å². The third kappa shape index (κ3) is 5.83. The molecule has 19 heavy (non-hydrogen) atoms. The van der Waals surface area contributed by atoms with Crippen LogP contribution in [0.3, 0.4) is 0 Å². The Hall–Kier alpha value is -0.0700. The number of carbonyl (C=O) groups is 1. The van der Waals surface area contributed by atoms with E-state index in [1.165, 1.54) is 12.8 Å². The van der Waals surface area contributed by atoms with Gasteiger partial charge in [-0.05, 0) is 26.8 Å². The van der Waals surface area contributed by atoms with Gasteiger partial charge in [-0.3, -0.25) is 9.69 Å². The highest BCUT2D eigenvalue weighted by atomic mass is 35.5. The Morgan fingerprint density at radius 1 is 1.47 bits per heavy atom. The highest BCUT2D eigenvalue weighted by Crippen LogP contribution is 2.26. The van der Waals surface area contributed by atoms with Crippen molar-refractivity contribution in [2.75, 3.05) is 33.4 Å². The minimum Gasteiger partial charge on any atom is -0.378 e. The number of rotatable bonds is 5. The first kappa shape index (κ1) is 18.9. The zero-order valence-corrected chi connectivity index (χ0v) is 13.2. The molecule has 0 aromatic rings. The molecular weight excluding hydrogens is 289 g/mol. The summed E-state index contributed by atoms with van der Waals surface area (Å²) >= 11 is 0. The molecule has 2 unspecified atom stereocenters. The van der Waals surface area contributed by atoms with Crippen molar-refractivity contribution in [3.8, 4) is 0 Å². The van der Waals surface area contributed by atoms with Gasteiger partial charge in [-0.25, -0.2) is 0 Å². The van der Waals surface area contributed by atoms with E-state index in [4.69, 9.17) is 4.74 Å². The predicted octanol–water partition coefficient (Wildman–Crippen LogP) is 0.417. The summed E-state index contributed by atoms with van der Waals surface area (Å²) < 4.78 is 5.27. The highest BCUT2D eigenvalue weighted by Gasteiger charge is 2.29. The van der Waals surface area contributed by atoms with Crippen LogP contribution in [0.5, 0.6) is 0 Å². The Morgan fingerprint density at radius 3 is 2.68 bits per heavy atom. The largest absolute Gasteiger partial charge is 0.378 e. The molecule has 0 radical (unpaired) electrons. The maximum Gasteiger partial charge on any atom is 0.239 e.